The van der Waals surface area contributed by atoms with Crippen LogP contribution >= 0.6 is 0 Å². The minimum absolute atomic E-state index is 0.125. The number of carbonyl (C=O) groups is 1. The lowest BCUT2D eigenvalue weighted by atomic mass is 9.95. The molecule has 1 amide bonds. The summed E-state index contributed by atoms with van der Waals surface area (Å²) in [7, 11) is 1.77. The van der Waals surface area contributed by atoms with Gasteiger partial charge in [-0.2, -0.15) is 0 Å². The molecule has 0 bridgehead atoms. The van der Waals surface area contributed by atoms with Gasteiger partial charge in [-0.1, -0.05) is 6.92 Å². The molecule has 2 aliphatic rings. The van der Waals surface area contributed by atoms with Crippen molar-refractivity contribution in [2.75, 3.05) is 38.2 Å². The third kappa shape index (κ3) is 3.50. The molecule has 0 spiro atoms. The topological polar surface area (TPSA) is 45.7 Å². The van der Waals surface area contributed by atoms with Crippen molar-refractivity contribution >= 4 is 11.7 Å². The van der Waals surface area contributed by atoms with Gasteiger partial charge in [0.15, 0.2) is 0 Å². The van der Waals surface area contributed by atoms with Crippen LogP contribution in [0.1, 0.15) is 43.0 Å². The van der Waals surface area contributed by atoms with Gasteiger partial charge in [0.05, 0.1) is 11.7 Å². The van der Waals surface area contributed by atoms with E-state index < -0.39 is 0 Å². The molecule has 5 heteroatoms. The SMILES string of the molecule is COC1CN(c2ncccc2C(=O)N2CCCCC2)CCC1C. The van der Waals surface area contributed by atoms with E-state index in [1.807, 2.05) is 17.0 Å². The number of methoxy groups -OCH3 is 1. The van der Waals surface area contributed by atoms with Gasteiger partial charge in [-0.3, -0.25) is 4.79 Å². The van der Waals surface area contributed by atoms with Crippen molar-refractivity contribution in [3.63, 3.8) is 0 Å². The monoisotopic (exact) mass is 317 g/mol. The fourth-order valence-corrected chi connectivity index (χ4v) is 3.62. The van der Waals surface area contributed by atoms with Crippen LogP contribution in [0.15, 0.2) is 18.3 Å². The Bertz CT molecular complexity index is 543. The van der Waals surface area contributed by atoms with E-state index in [0.29, 0.717) is 5.92 Å². The maximum absolute atomic E-state index is 12.9. The molecule has 1 aromatic rings. The first-order chi connectivity index (χ1) is 11.2. The average Bonchev–Trinajstić information content (AvgIpc) is 2.62. The summed E-state index contributed by atoms with van der Waals surface area (Å²) < 4.78 is 5.61. The van der Waals surface area contributed by atoms with Crippen molar-refractivity contribution in [1.82, 2.24) is 9.88 Å². The molecular formula is C18H27N3O2. The minimum Gasteiger partial charge on any atom is -0.379 e. The number of rotatable bonds is 3. The van der Waals surface area contributed by atoms with Gasteiger partial charge in [-0.05, 0) is 43.7 Å². The normalized spacial score (nSPS) is 25.5. The van der Waals surface area contributed by atoms with Crippen molar-refractivity contribution < 1.29 is 9.53 Å². The van der Waals surface area contributed by atoms with Crippen LogP contribution in [0, 0.1) is 5.92 Å². The zero-order chi connectivity index (χ0) is 16.2. The highest BCUT2D eigenvalue weighted by Crippen LogP contribution is 2.27. The second kappa shape index (κ2) is 7.30. The number of pyridine rings is 1. The summed E-state index contributed by atoms with van der Waals surface area (Å²) in [5.74, 6) is 1.48. The number of piperidine rings is 2. The van der Waals surface area contributed by atoms with Gasteiger partial charge in [-0.25, -0.2) is 4.98 Å². The molecule has 0 saturated carbocycles. The van der Waals surface area contributed by atoms with Gasteiger partial charge in [0, 0.05) is 39.5 Å². The highest BCUT2D eigenvalue weighted by Gasteiger charge is 2.30. The Kier molecular flexibility index (Phi) is 5.16. The van der Waals surface area contributed by atoms with Crippen LogP contribution in [0.5, 0.6) is 0 Å². The Morgan fingerprint density at radius 1 is 1.26 bits per heavy atom. The van der Waals surface area contributed by atoms with Crippen LogP contribution in [-0.2, 0) is 4.74 Å². The molecule has 2 saturated heterocycles. The van der Waals surface area contributed by atoms with Gasteiger partial charge in [0.25, 0.3) is 5.91 Å². The second-order valence-corrected chi connectivity index (χ2v) is 6.71. The first kappa shape index (κ1) is 16.2. The molecule has 0 aliphatic carbocycles. The Hall–Kier alpha value is -1.62. The molecule has 126 valence electrons. The molecule has 0 aromatic carbocycles. The molecule has 2 atom stereocenters. The number of nitrogens with zero attached hydrogens (tertiary/aromatic N) is 3. The van der Waals surface area contributed by atoms with Gasteiger partial charge < -0.3 is 14.5 Å². The van der Waals surface area contributed by atoms with Crippen molar-refractivity contribution in [1.29, 1.82) is 0 Å². The third-order valence-electron chi connectivity index (χ3n) is 5.15. The Balaban J connectivity index is 1.81. The summed E-state index contributed by atoms with van der Waals surface area (Å²) in [5.41, 5.74) is 0.735. The fraction of sp³-hybridized carbons (Fsp3) is 0.667. The van der Waals surface area contributed by atoms with E-state index in [2.05, 4.69) is 16.8 Å². The number of carbonyl (C=O) groups excluding carboxylic acids is 1. The summed E-state index contributed by atoms with van der Waals surface area (Å²) in [6.07, 6.45) is 6.48. The van der Waals surface area contributed by atoms with E-state index in [0.717, 1.165) is 56.8 Å². The maximum Gasteiger partial charge on any atom is 0.257 e. The number of likely N-dealkylation sites (tertiary alicyclic amines) is 1. The van der Waals surface area contributed by atoms with E-state index >= 15 is 0 Å². The van der Waals surface area contributed by atoms with E-state index in [9.17, 15) is 4.79 Å². The van der Waals surface area contributed by atoms with Crippen molar-refractivity contribution in [3.8, 4) is 0 Å². The van der Waals surface area contributed by atoms with Crippen molar-refractivity contribution in [2.24, 2.45) is 5.92 Å². The van der Waals surface area contributed by atoms with Crippen LogP contribution < -0.4 is 4.90 Å². The molecule has 1 aromatic heterocycles. The number of amides is 1. The Labute approximate surface area is 138 Å². The van der Waals surface area contributed by atoms with Gasteiger partial charge in [0.1, 0.15) is 5.82 Å². The van der Waals surface area contributed by atoms with Crippen molar-refractivity contribution in [3.05, 3.63) is 23.9 Å². The summed E-state index contributed by atoms with van der Waals surface area (Å²) in [5, 5.41) is 0. The standard InChI is InChI=1S/C18H27N3O2/c1-14-8-12-21(13-16(14)23-2)17-15(7-6-9-19-17)18(22)20-10-4-3-5-11-20/h6-7,9,14,16H,3-5,8,10-13H2,1-2H3. The molecule has 2 aliphatic heterocycles. The summed E-state index contributed by atoms with van der Waals surface area (Å²) >= 11 is 0. The average molecular weight is 317 g/mol. The van der Waals surface area contributed by atoms with Crippen LogP contribution in [0.2, 0.25) is 0 Å². The summed E-state index contributed by atoms with van der Waals surface area (Å²) in [6, 6.07) is 3.78. The van der Waals surface area contributed by atoms with E-state index in [-0.39, 0.29) is 12.0 Å². The Morgan fingerprint density at radius 2 is 2.04 bits per heavy atom. The number of anilines is 1. The lowest BCUT2D eigenvalue weighted by molar-refractivity contribution is 0.0494. The molecule has 0 N–H and O–H groups in total. The van der Waals surface area contributed by atoms with Gasteiger partial charge in [-0.15, -0.1) is 0 Å². The van der Waals surface area contributed by atoms with Gasteiger partial charge >= 0.3 is 0 Å². The lowest BCUT2D eigenvalue weighted by Crippen LogP contribution is -2.45. The van der Waals surface area contributed by atoms with Crippen LogP contribution in [0.4, 0.5) is 5.82 Å². The third-order valence-corrected chi connectivity index (χ3v) is 5.15. The molecule has 2 unspecified atom stereocenters. The van der Waals surface area contributed by atoms with E-state index in [1.54, 1.807) is 13.3 Å². The van der Waals surface area contributed by atoms with E-state index in [1.165, 1.54) is 6.42 Å². The highest BCUT2D eigenvalue weighted by molar-refractivity contribution is 5.99. The molecule has 5 nitrogen and oxygen atoms in total. The number of hydrogen-bond acceptors (Lipinski definition) is 4. The van der Waals surface area contributed by atoms with Gasteiger partial charge in [0.2, 0.25) is 0 Å². The number of ether oxygens (including phenoxy) is 1. The Morgan fingerprint density at radius 3 is 2.78 bits per heavy atom. The highest BCUT2D eigenvalue weighted by atomic mass is 16.5. The van der Waals surface area contributed by atoms with Crippen molar-refractivity contribution in [2.45, 2.75) is 38.7 Å². The fourth-order valence-electron chi connectivity index (χ4n) is 3.62. The number of aromatic nitrogens is 1. The summed E-state index contributed by atoms with van der Waals surface area (Å²) in [4.78, 5) is 21.6. The first-order valence-corrected chi connectivity index (χ1v) is 8.72. The largest absolute Gasteiger partial charge is 0.379 e. The molecule has 23 heavy (non-hydrogen) atoms. The lowest BCUT2D eigenvalue weighted by Gasteiger charge is -2.38. The number of hydrogen-bond donors (Lipinski definition) is 0. The molecule has 0 radical (unpaired) electrons. The smallest absolute Gasteiger partial charge is 0.257 e. The van der Waals surface area contributed by atoms with E-state index in [4.69, 9.17) is 4.74 Å². The molecule has 3 rings (SSSR count). The zero-order valence-corrected chi connectivity index (χ0v) is 14.2. The first-order valence-electron chi connectivity index (χ1n) is 8.72. The predicted molar refractivity (Wildman–Crippen MR) is 90.8 cm³/mol. The zero-order valence-electron chi connectivity index (χ0n) is 14.2. The predicted octanol–water partition coefficient (Wildman–Crippen LogP) is 2.57. The van der Waals surface area contributed by atoms with Crippen LogP contribution in [-0.4, -0.2) is 55.2 Å². The van der Waals surface area contributed by atoms with Crippen LogP contribution in [0.3, 0.4) is 0 Å². The van der Waals surface area contributed by atoms with Crippen LogP contribution in [0.25, 0.3) is 0 Å². The second-order valence-electron chi connectivity index (χ2n) is 6.71. The molecular weight excluding hydrogens is 290 g/mol. The maximum atomic E-state index is 12.9. The quantitative estimate of drug-likeness (QED) is 0.859. The summed E-state index contributed by atoms with van der Waals surface area (Å²) in [6.45, 7) is 5.69. The molecule has 3 heterocycles. The minimum atomic E-state index is 0.125. The molecule has 2 fully saturated rings.